The predicted octanol–water partition coefficient (Wildman–Crippen LogP) is 3.56. The summed E-state index contributed by atoms with van der Waals surface area (Å²) in [6.07, 6.45) is 0.355. The second kappa shape index (κ2) is 5.59. The maximum atomic E-state index is 13.4. The molecule has 0 bridgehead atoms. The van der Waals surface area contributed by atoms with Crippen LogP contribution < -0.4 is 4.90 Å². The van der Waals surface area contributed by atoms with Crippen LogP contribution in [0.2, 0.25) is 0 Å². The molecule has 0 N–H and O–H groups in total. The number of hydrogen-bond acceptors (Lipinski definition) is 2. The van der Waals surface area contributed by atoms with E-state index in [-0.39, 0.29) is 17.6 Å². The van der Waals surface area contributed by atoms with Crippen molar-refractivity contribution in [3.63, 3.8) is 0 Å². The van der Waals surface area contributed by atoms with E-state index in [2.05, 4.69) is 26.0 Å². The molecule has 2 rings (SSSR count). The van der Waals surface area contributed by atoms with Gasteiger partial charge >= 0.3 is 0 Å². The van der Waals surface area contributed by atoms with Gasteiger partial charge in [0.05, 0.1) is 4.47 Å². The molecule has 100 valence electrons. The molecule has 1 aromatic carbocycles. The van der Waals surface area contributed by atoms with E-state index in [0.29, 0.717) is 35.2 Å². The Kier molecular flexibility index (Phi) is 4.07. The highest BCUT2D eigenvalue weighted by Crippen LogP contribution is 2.31. The number of aryl methyl sites for hydroxylation is 1. The van der Waals surface area contributed by atoms with Gasteiger partial charge in [-0.1, -0.05) is 5.11 Å². The first-order chi connectivity index (χ1) is 9.02. The van der Waals surface area contributed by atoms with E-state index in [0.717, 1.165) is 0 Å². The third-order valence-electron chi connectivity index (χ3n) is 3.14. The van der Waals surface area contributed by atoms with Crippen molar-refractivity contribution >= 4 is 27.5 Å². The first-order valence-corrected chi connectivity index (χ1v) is 6.59. The van der Waals surface area contributed by atoms with E-state index in [1.165, 1.54) is 6.07 Å². The van der Waals surface area contributed by atoms with E-state index in [4.69, 9.17) is 5.53 Å². The third kappa shape index (κ3) is 2.88. The zero-order chi connectivity index (χ0) is 14.0. The summed E-state index contributed by atoms with van der Waals surface area (Å²) >= 11 is 3.12. The molecule has 19 heavy (non-hydrogen) atoms. The van der Waals surface area contributed by atoms with E-state index in [9.17, 15) is 9.18 Å². The highest BCUT2D eigenvalue weighted by molar-refractivity contribution is 9.10. The number of carbonyl (C=O) groups is 1. The van der Waals surface area contributed by atoms with Gasteiger partial charge in [0.25, 0.3) is 0 Å². The molecule has 0 aromatic heterocycles. The minimum absolute atomic E-state index is 0.0200. The summed E-state index contributed by atoms with van der Waals surface area (Å²) in [7, 11) is 0. The van der Waals surface area contributed by atoms with Crippen LogP contribution in [0, 0.1) is 18.7 Å². The molecule has 1 aromatic rings. The summed E-state index contributed by atoms with van der Waals surface area (Å²) in [6, 6.07) is 3.01. The van der Waals surface area contributed by atoms with Gasteiger partial charge in [0.2, 0.25) is 5.91 Å². The lowest BCUT2D eigenvalue weighted by molar-refractivity contribution is -0.117. The molecular formula is C12H12BrFN4O. The predicted molar refractivity (Wildman–Crippen MR) is 73.3 cm³/mol. The van der Waals surface area contributed by atoms with E-state index < -0.39 is 0 Å². The van der Waals surface area contributed by atoms with Gasteiger partial charge in [-0.25, -0.2) is 4.39 Å². The van der Waals surface area contributed by atoms with E-state index >= 15 is 0 Å². The van der Waals surface area contributed by atoms with Crippen molar-refractivity contribution in [3.8, 4) is 0 Å². The highest BCUT2D eigenvalue weighted by Gasteiger charge is 2.31. The van der Waals surface area contributed by atoms with Gasteiger partial charge < -0.3 is 4.90 Å². The second-order valence-electron chi connectivity index (χ2n) is 4.54. The molecule has 5 nitrogen and oxygen atoms in total. The van der Waals surface area contributed by atoms with Crippen molar-refractivity contribution in [2.45, 2.75) is 13.3 Å². The number of hydrogen-bond donors (Lipinski definition) is 0. The van der Waals surface area contributed by atoms with Gasteiger partial charge in [-0.15, -0.1) is 0 Å². The van der Waals surface area contributed by atoms with E-state index in [1.54, 1.807) is 17.9 Å². The number of nitrogens with zero attached hydrogens (tertiary/aromatic N) is 4. The molecular weight excluding hydrogens is 315 g/mol. The van der Waals surface area contributed by atoms with Gasteiger partial charge in [0.15, 0.2) is 0 Å². The summed E-state index contributed by atoms with van der Waals surface area (Å²) in [5, 5.41) is 3.50. The SMILES string of the molecule is Cc1cc(F)c(Br)cc1N1CC(CN=[N+]=[N-])CC1=O. The standard InChI is InChI=1S/C12H12BrFN4O/c1-7-2-10(14)9(13)4-11(7)18-6-8(3-12(18)19)5-16-17-15/h2,4,8H,3,5-6H2,1H3. The summed E-state index contributed by atoms with van der Waals surface area (Å²) in [4.78, 5) is 16.3. The molecule has 0 spiro atoms. The van der Waals surface area contributed by atoms with Crippen molar-refractivity contribution in [1.82, 2.24) is 0 Å². The molecule has 1 aliphatic rings. The smallest absolute Gasteiger partial charge is 0.227 e. The van der Waals surface area contributed by atoms with Crippen molar-refractivity contribution in [1.29, 1.82) is 0 Å². The molecule has 0 radical (unpaired) electrons. The number of benzene rings is 1. The Morgan fingerprint density at radius 1 is 1.63 bits per heavy atom. The van der Waals surface area contributed by atoms with Gasteiger partial charge in [0.1, 0.15) is 5.82 Å². The van der Waals surface area contributed by atoms with Crippen LogP contribution in [0.4, 0.5) is 10.1 Å². The molecule has 0 saturated carbocycles. The summed E-state index contributed by atoms with van der Waals surface area (Å²) in [5.74, 6) is -0.357. The lowest BCUT2D eigenvalue weighted by Gasteiger charge is -2.19. The normalized spacial score (nSPS) is 18.6. The average molecular weight is 327 g/mol. The Morgan fingerprint density at radius 2 is 2.37 bits per heavy atom. The van der Waals surface area contributed by atoms with Crippen LogP contribution >= 0.6 is 15.9 Å². The number of azide groups is 1. The molecule has 1 amide bonds. The Bertz CT molecular complexity index is 571. The maximum absolute atomic E-state index is 13.4. The number of amides is 1. The molecule has 1 saturated heterocycles. The number of anilines is 1. The lowest BCUT2D eigenvalue weighted by atomic mass is 10.1. The Morgan fingerprint density at radius 3 is 3.05 bits per heavy atom. The molecule has 1 fully saturated rings. The van der Waals surface area contributed by atoms with Crippen LogP contribution in [0.5, 0.6) is 0 Å². The van der Waals surface area contributed by atoms with Gasteiger partial charge in [0, 0.05) is 30.1 Å². The largest absolute Gasteiger partial charge is 0.312 e. The zero-order valence-electron chi connectivity index (χ0n) is 10.3. The minimum atomic E-state index is -0.349. The van der Waals surface area contributed by atoms with Crippen LogP contribution in [0.1, 0.15) is 12.0 Å². The third-order valence-corrected chi connectivity index (χ3v) is 3.75. The minimum Gasteiger partial charge on any atom is -0.312 e. The summed E-state index contributed by atoms with van der Waals surface area (Å²) in [5.41, 5.74) is 9.70. The van der Waals surface area contributed by atoms with Gasteiger partial charge in [-0.05, 0) is 52.0 Å². The summed E-state index contributed by atoms with van der Waals surface area (Å²) < 4.78 is 13.7. The first-order valence-electron chi connectivity index (χ1n) is 5.79. The first kappa shape index (κ1) is 13.8. The van der Waals surface area contributed by atoms with Crippen LogP contribution in [0.15, 0.2) is 21.7 Å². The fourth-order valence-corrected chi connectivity index (χ4v) is 2.55. The number of carbonyl (C=O) groups excluding carboxylic acids is 1. The van der Waals surface area contributed by atoms with Crippen LogP contribution in [0.3, 0.4) is 0 Å². The van der Waals surface area contributed by atoms with Gasteiger partial charge in [-0.2, -0.15) is 0 Å². The number of halogens is 2. The van der Waals surface area contributed by atoms with Crippen molar-refractivity contribution in [3.05, 3.63) is 38.4 Å². The molecule has 0 aliphatic carbocycles. The van der Waals surface area contributed by atoms with E-state index in [1.807, 2.05) is 0 Å². The second-order valence-corrected chi connectivity index (χ2v) is 5.40. The fourth-order valence-electron chi connectivity index (χ4n) is 2.22. The monoisotopic (exact) mass is 326 g/mol. The average Bonchev–Trinajstić information content (AvgIpc) is 2.72. The topological polar surface area (TPSA) is 69.1 Å². The van der Waals surface area contributed by atoms with Crippen molar-refractivity contribution in [2.24, 2.45) is 11.0 Å². The summed E-state index contributed by atoms with van der Waals surface area (Å²) in [6.45, 7) is 2.57. The van der Waals surface area contributed by atoms with Crippen LogP contribution in [0.25, 0.3) is 10.4 Å². The molecule has 1 heterocycles. The van der Waals surface area contributed by atoms with Crippen LogP contribution in [-0.2, 0) is 4.79 Å². The maximum Gasteiger partial charge on any atom is 0.227 e. The van der Waals surface area contributed by atoms with Crippen molar-refractivity contribution < 1.29 is 9.18 Å². The Hall–Kier alpha value is -1.59. The Labute approximate surface area is 118 Å². The zero-order valence-corrected chi connectivity index (χ0v) is 11.9. The van der Waals surface area contributed by atoms with Crippen molar-refractivity contribution in [2.75, 3.05) is 18.0 Å². The molecule has 1 aliphatic heterocycles. The molecule has 7 heteroatoms. The quantitative estimate of drug-likeness (QED) is 0.475. The van der Waals surface area contributed by atoms with Crippen LogP contribution in [-0.4, -0.2) is 19.0 Å². The van der Waals surface area contributed by atoms with Gasteiger partial charge in [-0.3, -0.25) is 4.79 Å². The molecule has 1 unspecified atom stereocenters. The highest BCUT2D eigenvalue weighted by atomic mass is 79.9. The Balaban J connectivity index is 2.25. The lowest BCUT2D eigenvalue weighted by Crippen LogP contribution is -2.25. The fraction of sp³-hybridized carbons (Fsp3) is 0.417. The number of rotatable bonds is 3. The molecule has 1 atom stereocenters.